The maximum Gasteiger partial charge on any atom is 0.387 e. The molecule has 1 aromatic heterocycles. The molecule has 2 aliphatic rings. The summed E-state index contributed by atoms with van der Waals surface area (Å²) in [6, 6.07) is 7.78. The van der Waals surface area contributed by atoms with Gasteiger partial charge in [-0.1, -0.05) is 29.3 Å². The van der Waals surface area contributed by atoms with Gasteiger partial charge < -0.3 is 33.1 Å². The molecule has 0 bridgehead atoms. The lowest BCUT2D eigenvalue weighted by molar-refractivity contribution is -0.605. The molecule has 0 saturated heterocycles. The van der Waals surface area contributed by atoms with E-state index in [1.807, 2.05) is 0 Å². The first-order valence-corrected chi connectivity index (χ1v) is 17.6. The van der Waals surface area contributed by atoms with Gasteiger partial charge in [-0.25, -0.2) is 9.59 Å². The van der Waals surface area contributed by atoms with Crippen LogP contribution in [0.3, 0.4) is 0 Å². The van der Waals surface area contributed by atoms with E-state index in [4.69, 9.17) is 46.3 Å². The topological polar surface area (TPSA) is 151 Å². The number of hydrogen-bond donors (Lipinski definition) is 0. The van der Waals surface area contributed by atoms with Gasteiger partial charge in [0, 0.05) is 18.1 Å². The van der Waals surface area contributed by atoms with Crippen molar-refractivity contribution in [2.75, 3.05) is 26.1 Å². The summed E-state index contributed by atoms with van der Waals surface area (Å²) in [5.41, 5.74) is 0.367. The third-order valence-corrected chi connectivity index (χ3v) is 8.49. The molecule has 3 aromatic rings. The summed E-state index contributed by atoms with van der Waals surface area (Å²) < 4.78 is 82.1. The van der Waals surface area contributed by atoms with Gasteiger partial charge in [-0.15, -0.1) is 0 Å². The molecule has 5 rings (SSSR count). The lowest BCUT2D eigenvalue weighted by atomic mass is 10.0. The molecule has 2 fully saturated rings. The molecule has 2 aliphatic carbocycles. The van der Waals surface area contributed by atoms with Crippen LogP contribution in [0.15, 0.2) is 48.8 Å². The molecule has 1 atom stereocenters. The lowest BCUT2D eigenvalue weighted by Crippen LogP contribution is -2.26. The summed E-state index contributed by atoms with van der Waals surface area (Å²) >= 11 is 12.6. The molecule has 0 amide bonds. The van der Waals surface area contributed by atoms with Crippen LogP contribution < -0.4 is 23.1 Å². The van der Waals surface area contributed by atoms with E-state index in [0.29, 0.717) is 17.3 Å². The quantitative estimate of drug-likeness (QED) is 0.0711. The van der Waals surface area contributed by atoms with Crippen LogP contribution in [0.5, 0.6) is 23.0 Å². The second kappa shape index (κ2) is 15.6. The van der Waals surface area contributed by atoms with Crippen LogP contribution >= 0.6 is 23.2 Å². The molecule has 0 N–H and O–H groups in total. The van der Waals surface area contributed by atoms with Crippen LogP contribution in [-0.2, 0) is 30.8 Å². The smallest absolute Gasteiger partial charge is 0.387 e. The minimum absolute atomic E-state index is 0.0171. The van der Waals surface area contributed by atoms with E-state index in [2.05, 4.69) is 4.74 Å². The van der Waals surface area contributed by atoms with E-state index in [9.17, 15) is 32.0 Å². The number of pyridine rings is 1. The molecule has 0 radical (unpaired) electrons. The van der Waals surface area contributed by atoms with Crippen LogP contribution in [-0.4, -0.2) is 53.0 Å². The fourth-order valence-electron chi connectivity index (χ4n) is 4.54. The van der Waals surface area contributed by atoms with Gasteiger partial charge in [-0.05, 0) is 67.3 Å². The number of alkyl halides is 2. The number of hydrogen-bond acceptors (Lipinski definition) is 11. The van der Waals surface area contributed by atoms with Gasteiger partial charge in [0.05, 0.1) is 25.0 Å². The van der Waals surface area contributed by atoms with E-state index in [1.54, 1.807) is 0 Å². The van der Waals surface area contributed by atoms with Crippen molar-refractivity contribution in [3.63, 3.8) is 0 Å². The van der Waals surface area contributed by atoms with Crippen LogP contribution in [0.2, 0.25) is 10.0 Å². The lowest BCUT2D eigenvalue weighted by Gasteiger charge is -2.21. The van der Waals surface area contributed by atoms with Gasteiger partial charge in [-0.3, -0.25) is 0 Å². The Labute approximate surface area is 290 Å². The highest BCUT2D eigenvalue weighted by molar-refractivity contribution is 7.86. The molecule has 0 spiro atoms. The van der Waals surface area contributed by atoms with E-state index in [1.165, 1.54) is 30.3 Å². The van der Waals surface area contributed by atoms with Crippen molar-refractivity contribution in [1.82, 2.24) is 0 Å². The Balaban J connectivity index is 1.33. The highest BCUT2D eigenvalue weighted by atomic mass is 35.5. The summed E-state index contributed by atoms with van der Waals surface area (Å²) in [5, 5.41) is 11.7. The second-order valence-corrected chi connectivity index (χ2v) is 14.0. The molecule has 2 saturated carbocycles. The summed E-state index contributed by atoms with van der Waals surface area (Å²) in [5.74, 6) is -1.76. The average molecular weight is 747 g/mol. The highest BCUT2D eigenvalue weighted by Gasteiger charge is 2.28. The zero-order chi connectivity index (χ0) is 35.3. The number of halogens is 4. The van der Waals surface area contributed by atoms with Crippen molar-refractivity contribution in [3.05, 3.63) is 80.7 Å². The third-order valence-electron chi connectivity index (χ3n) is 7.36. The van der Waals surface area contributed by atoms with Crippen molar-refractivity contribution >= 4 is 45.3 Å². The standard InChI is InChI=1S/C32H31Cl2F2NO11S/c1-49(41,42)48-29-11-21(7-8-25(29)43-15-18-2-3-18)31(39)45-17-30(38)46-27(12-22-23(33)13-37(40)14-24(22)34)20-6-9-26(47-32(35)36)28(10-20)44-16-19-4-5-19/h6-11,13-14,18-19,27,32H,2-5,12,15-17H2,1H3/t27-/m0/s1. The Morgan fingerprint density at radius 1 is 0.918 bits per heavy atom. The Bertz CT molecular complexity index is 1780. The van der Waals surface area contributed by atoms with Crippen LogP contribution in [0, 0.1) is 17.0 Å². The number of aromatic nitrogens is 1. The van der Waals surface area contributed by atoms with Crippen LogP contribution in [0.1, 0.15) is 53.3 Å². The first-order chi connectivity index (χ1) is 23.2. The van der Waals surface area contributed by atoms with Crippen LogP contribution in [0.4, 0.5) is 8.78 Å². The Hall–Kier alpha value is -4.08. The third kappa shape index (κ3) is 11.0. The van der Waals surface area contributed by atoms with Crippen LogP contribution in [0.25, 0.3) is 0 Å². The maximum atomic E-state index is 13.1. The van der Waals surface area contributed by atoms with Gasteiger partial charge >= 0.3 is 28.7 Å². The minimum atomic E-state index is -3.98. The van der Waals surface area contributed by atoms with E-state index >= 15 is 0 Å². The molecule has 0 aliphatic heterocycles. The maximum absolute atomic E-state index is 13.1. The minimum Gasteiger partial charge on any atom is -0.619 e. The zero-order valence-electron chi connectivity index (χ0n) is 25.9. The zero-order valence-corrected chi connectivity index (χ0v) is 28.3. The number of ether oxygens (including phenoxy) is 5. The number of esters is 2. The van der Waals surface area contributed by atoms with E-state index in [0.717, 1.165) is 50.4 Å². The van der Waals surface area contributed by atoms with Crippen molar-refractivity contribution in [1.29, 1.82) is 0 Å². The van der Waals surface area contributed by atoms with Gasteiger partial charge in [0.15, 0.2) is 42.0 Å². The monoisotopic (exact) mass is 745 g/mol. The summed E-state index contributed by atoms with van der Waals surface area (Å²) in [7, 11) is -3.98. The SMILES string of the molecule is CS(=O)(=O)Oc1cc(C(=O)OCC(=O)O[C@@H](Cc2c(Cl)c[n+]([O-])cc2Cl)c2ccc(OC(F)F)c(OCC3CC3)c2)ccc1OCC1CC1. The van der Waals surface area contributed by atoms with E-state index < -0.39 is 41.4 Å². The molecule has 49 heavy (non-hydrogen) atoms. The van der Waals surface area contributed by atoms with Crippen molar-refractivity contribution < 1.29 is 59.4 Å². The number of rotatable bonds is 17. The molecular weight excluding hydrogens is 715 g/mol. The van der Waals surface area contributed by atoms with Crippen molar-refractivity contribution in [3.8, 4) is 23.0 Å². The van der Waals surface area contributed by atoms with Crippen molar-refractivity contribution in [2.24, 2.45) is 11.8 Å². The molecule has 2 aromatic carbocycles. The molecule has 12 nitrogen and oxygen atoms in total. The normalized spacial score (nSPS) is 15.0. The summed E-state index contributed by atoms with van der Waals surface area (Å²) in [6.45, 7) is -3.40. The van der Waals surface area contributed by atoms with Gasteiger partial charge in [-0.2, -0.15) is 21.9 Å². The molecule has 0 unspecified atom stereocenters. The fourth-order valence-corrected chi connectivity index (χ4v) is 5.59. The molecule has 1 heterocycles. The van der Waals surface area contributed by atoms with Crippen molar-refractivity contribution in [2.45, 2.75) is 44.8 Å². The Morgan fingerprint density at radius 3 is 2.12 bits per heavy atom. The fraction of sp³-hybridized carbons (Fsp3) is 0.406. The number of nitrogens with zero attached hydrogens (tertiary/aromatic N) is 1. The Morgan fingerprint density at radius 2 is 1.53 bits per heavy atom. The summed E-state index contributed by atoms with van der Waals surface area (Å²) in [6.07, 6.45) is 5.41. The van der Waals surface area contributed by atoms with Gasteiger partial charge in [0.25, 0.3) is 0 Å². The number of carbonyl (C=O) groups is 2. The first-order valence-electron chi connectivity index (χ1n) is 15.0. The highest BCUT2D eigenvalue weighted by Crippen LogP contribution is 2.38. The predicted octanol–water partition coefficient (Wildman–Crippen LogP) is 5.83. The summed E-state index contributed by atoms with van der Waals surface area (Å²) in [4.78, 5) is 26.0. The molecule has 17 heteroatoms. The second-order valence-electron chi connectivity index (χ2n) is 11.6. The molecular formula is C32H31Cl2F2NO11S. The predicted molar refractivity (Wildman–Crippen MR) is 170 cm³/mol. The molecule has 264 valence electrons. The van der Waals surface area contributed by atoms with E-state index in [-0.39, 0.29) is 68.7 Å². The van der Waals surface area contributed by atoms with Gasteiger partial charge in [0.2, 0.25) is 0 Å². The first kappa shape index (κ1) is 36.2. The van der Waals surface area contributed by atoms with Gasteiger partial charge in [0.1, 0.15) is 16.1 Å². The average Bonchev–Trinajstić information content (AvgIpc) is 3.95. The Kier molecular flexibility index (Phi) is 11.6. The number of benzene rings is 2. The number of carbonyl (C=O) groups excluding carboxylic acids is 2. The largest absolute Gasteiger partial charge is 0.619 e.